The van der Waals surface area contributed by atoms with Gasteiger partial charge >= 0.3 is 0 Å². The van der Waals surface area contributed by atoms with E-state index in [0.717, 1.165) is 77.1 Å². The Morgan fingerprint density at radius 3 is 2.45 bits per heavy atom. The first-order valence-corrected chi connectivity index (χ1v) is 12.2. The molecule has 0 bridgehead atoms. The molecular formula is C24H38N3O4+. The number of amides is 2. The average molecular weight is 433 g/mol. The summed E-state index contributed by atoms with van der Waals surface area (Å²) in [6.45, 7) is 6.08. The van der Waals surface area contributed by atoms with E-state index in [1.807, 2.05) is 13.0 Å². The van der Waals surface area contributed by atoms with Gasteiger partial charge in [0.25, 0.3) is 5.91 Å². The predicted molar refractivity (Wildman–Crippen MR) is 117 cm³/mol. The van der Waals surface area contributed by atoms with Gasteiger partial charge in [0.1, 0.15) is 25.7 Å². The van der Waals surface area contributed by atoms with Gasteiger partial charge in [0.2, 0.25) is 5.91 Å². The van der Waals surface area contributed by atoms with E-state index in [9.17, 15) is 9.59 Å². The zero-order valence-corrected chi connectivity index (χ0v) is 18.9. The maximum absolute atomic E-state index is 13.5. The molecule has 4 rings (SSSR count). The van der Waals surface area contributed by atoms with Crippen molar-refractivity contribution in [2.75, 3.05) is 26.3 Å². The van der Waals surface area contributed by atoms with Crippen molar-refractivity contribution in [1.82, 2.24) is 10.2 Å². The van der Waals surface area contributed by atoms with Gasteiger partial charge in [-0.15, -0.1) is 0 Å². The molecule has 2 heterocycles. The quantitative estimate of drug-likeness (QED) is 0.690. The fourth-order valence-corrected chi connectivity index (χ4v) is 5.33. The zero-order valence-electron chi connectivity index (χ0n) is 18.9. The zero-order chi connectivity index (χ0) is 21.6. The highest BCUT2D eigenvalue weighted by atomic mass is 16.5. The van der Waals surface area contributed by atoms with Crippen LogP contribution in [0.25, 0.3) is 0 Å². The fraction of sp³-hybridized carbons (Fsp3) is 0.750. The van der Waals surface area contributed by atoms with E-state index in [1.54, 1.807) is 11.0 Å². The standard InChI is InChI=1S/C24H37N3O4/c1-18(23(28)25-19-7-3-2-4-8-19)27(20-9-5-6-10-20)24(29)22-12-11-21(31-22)17-26-13-15-30-16-14-26/h11-12,18-20H,2-10,13-17H2,1H3,(H,25,28)/p+1/t18-/m1/s1. The number of ether oxygens (including phenoxy) is 1. The molecule has 3 aliphatic rings. The van der Waals surface area contributed by atoms with Gasteiger partial charge in [-0.1, -0.05) is 32.1 Å². The van der Waals surface area contributed by atoms with E-state index in [0.29, 0.717) is 5.76 Å². The number of furan rings is 1. The minimum absolute atomic E-state index is 0.0308. The molecule has 1 saturated heterocycles. The third kappa shape index (κ3) is 5.69. The van der Waals surface area contributed by atoms with Gasteiger partial charge in [0, 0.05) is 12.1 Å². The van der Waals surface area contributed by atoms with Crippen LogP contribution in [0.4, 0.5) is 0 Å². The maximum Gasteiger partial charge on any atom is 0.290 e. The van der Waals surface area contributed by atoms with Crippen LogP contribution in [0.2, 0.25) is 0 Å². The molecule has 0 spiro atoms. The van der Waals surface area contributed by atoms with Crippen LogP contribution in [-0.2, 0) is 16.1 Å². The van der Waals surface area contributed by atoms with Gasteiger partial charge in [-0.2, -0.15) is 0 Å². The number of carbonyl (C=O) groups is 2. The summed E-state index contributed by atoms with van der Waals surface area (Å²) in [5.74, 6) is 0.996. The van der Waals surface area contributed by atoms with Crippen molar-refractivity contribution in [3.8, 4) is 0 Å². The molecule has 3 fully saturated rings. The van der Waals surface area contributed by atoms with E-state index < -0.39 is 6.04 Å². The monoisotopic (exact) mass is 432 g/mol. The Hall–Kier alpha value is -1.86. The number of nitrogens with one attached hydrogen (secondary N) is 2. The lowest BCUT2D eigenvalue weighted by Crippen LogP contribution is -3.12. The fourth-order valence-electron chi connectivity index (χ4n) is 5.33. The molecule has 0 radical (unpaired) electrons. The molecule has 7 nitrogen and oxygen atoms in total. The molecule has 31 heavy (non-hydrogen) atoms. The van der Waals surface area contributed by atoms with E-state index >= 15 is 0 Å². The highest BCUT2D eigenvalue weighted by molar-refractivity contribution is 5.95. The SMILES string of the molecule is C[C@H](C(=O)NC1CCCCC1)N(C(=O)c1ccc(C[NH+]2CCOCC2)o1)C1CCCC1. The first kappa shape index (κ1) is 22.3. The minimum atomic E-state index is -0.490. The summed E-state index contributed by atoms with van der Waals surface area (Å²) < 4.78 is 11.4. The molecule has 2 aliphatic carbocycles. The molecule has 2 amide bonds. The molecule has 1 atom stereocenters. The number of carbonyl (C=O) groups excluding carboxylic acids is 2. The number of nitrogens with zero attached hydrogens (tertiary/aromatic N) is 1. The van der Waals surface area contributed by atoms with Crippen LogP contribution in [0, 0.1) is 0 Å². The van der Waals surface area contributed by atoms with Crippen LogP contribution in [0.15, 0.2) is 16.5 Å². The highest BCUT2D eigenvalue weighted by Gasteiger charge is 2.36. The highest BCUT2D eigenvalue weighted by Crippen LogP contribution is 2.28. The number of quaternary nitrogens is 1. The van der Waals surface area contributed by atoms with Crippen LogP contribution in [-0.4, -0.2) is 61.1 Å². The Balaban J connectivity index is 1.43. The summed E-state index contributed by atoms with van der Waals surface area (Å²) in [6.07, 6.45) is 9.81. The van der Waals surface area contributed by atoms with Gasteiger partial charge in [-0.05, 0) is 44.7 Å². The third-order valence-corrected chi connectivity index (χ3v) is 7.20. The second-order valence-electron chi connectivity index (χ2n) is 9.48. The van der Waals surface area contributed by atoms with Crippen molar-refractivity contribution in [1.29, 1.82) is 0 Å². The third-order valence-electron chi connectivity index (χ3n) is 7.20. The van der Waals surface area contributed by atoms with Crippen molar-refractivity contribution >= 4 is 11.8 Å². The van der Waals surface area contributed by atoms with Crippen molar-refractivity contribution < 1.29 is 23.6 Å². The summed E-state index contributed by atoms with van der Waals surface area (Å²) in [4.78, 5) is 29.8. The Bertz CT molecular complexity index is 731. The van der Waals surface area contributed by atoms with E-state index in [-0.39, 0.29) is 23.9 Å². The molecule has 7 heteroatoms. The number of hydrogen-bond acceptors (Lipinski definition) is 4. The van der Waals surface area contributed by atoms with Crippen LogP contribution in [0.3, 0.4) is 0 Å². The Labute approximate surface area is 185 Å². The first-order valence-electron chi connectivity index (χ1n) is 12.2. The van der Waals surface area contributed by atoms with Gasteiger partial charge in [0.15, 0.2) is 11.5 Å². The molecule has 1 aromatic heterocycles. The van der Waals surface area contributed by atoms with Crippen molar-refractivity contribution in [2.45, 2.75) is 89.4 Å². The largest absolute Gasteiger partial charge is 0.450 e. The van der Waals surface area contributed by atoms with Gasteiger partial charge in [-0.25, -0.2) is 0 Å². The smallest absolute Gasteiger partial charge is 0.290 e. The molecule has 1 aliphatic heterocycles. The van der Waals surface area contributed by atoms with E-state index in [4.69, 9.17) is 9.15 Å². The lowest BCUT2D eigenvalue weighted by molar-refractivity contribution is -0.922. The molecule has 2 N–H and O–H groups in total. The Morgan fingerprint density at radius 1 is 1.06 bits per heavy atom. The summed E-state index contributed by atoms with van der Waals surface area (Å²) in [5.41, 5.74) is 0. The number of hydrogen-bond donors (Lipinski definition) is 2. The summed E-state index contributed by atoms with van der Waals surface area (Å²) in [7, 11) is 0. The summed E-state index contributed by atoms with van der Waals surface area (Å²) >= 11 is 0. The van der Waals surface area contributed by atoms with Gasteiger partial charge in [0.05, 0.1) is 13.2 Å². The molecule has 172 valence electrons. The lowest BCUT2D eigenvalue weighted by atomic mass is 9.95. The second kappa shape index (κ2) is 10.6. The van der Waals surface area contributed by atoms with E-state index in [1.165, 1.54) is 24.2 Å². The van der Waals surface area contributed by atoms with Crippen LogP contribution in [0.1, 0.15) is 81.0 Å². The summed E-state index contributed by atoms with van der Waals surface area (Å²) in [6, 6.07) is 3.56. The molecular weight excluding hydrogens is 394 g/mol. The molecule has 0 unspecified atom stereocenters. The molecule has 1 aromatic rings. The molecule has 0 aromatic carbocycles. The van der Waals surface area contributed by atoms with Crippen molar-refractivity contribution in [2.24, 2.45) is 0 Å². The van der Waals surface area contributed by atoms with E-state index in [2.05, 4.69) is 5.32 Å². The number of rotatable bonds is 7. The Kier molecular flexibility index (Phi) is 7.67. The summed E-state index contributed by atoms with van der Waals surface area (Å²) in [5, 5.41) is 3.21. The van der Waals surface area contributed by atoms with Gasteiger partial charge < -0.3 is 24.3 Å². The topological polar surface area (TPSA) is 76.2 Å². The number of morpholine rings is 1. The second-order valence-corrected chi connectivity index (χ2v) is 9.48. The Morgan fingerprint density at radius 2 is 1.74 bits per heavy atom. The van der Waals surface area contributed by atoms with Crippen LogP contribution in [0.5, 0.6) is 0 Å². The minimum Gasteiger partial charge on any atom is -0.450 e. The van der Waals surface area contributed by atoms with Crippen molar-refractivity contribution in [3.63, 3.8) is 0 Å². The maximum atomic E-state index is 13.5. The van der Waals surface area contributed by atoms with Crippen LogP contribution >= 0.6 is 0 Å². The molecule has 2 saturated carbocycles. The average Bonchev–Trinajstić information content (AvgIpc) is 3.48. The van der Waals surface area contributed by atoms with Crippen LogP contribution < -0.4 is 10.2 Å². The lowest BCUT2D eigenvalue weighted by Gasteiger charge is -2.34. The predicted octanol–water partition coefficient (Wildman–Crippen LogP) is 1.92. The normalized spacial score (nSPS) is 22.4. The van der Waals surface area contributed by atoms with Gasteiger partial charge in [-0.3, -0.25) is 9.59 Å². The first-order chi connectivity index (χ1) is 15.1. The van der Waals surface area contributed by atoms with Crippen molar-refractivity contribution in [3.05, 3.63) is 23.7 Å².